The number of nitrogens with zero attached hydrogens (tertiary/aromatic N) is 3. The Morgan fingerprint density at radius 1 is 1.16 bits per heavy atom. The van der Waals surface area contributed by atoms with Crippen molar-refractivity contribution in [2.45, 2.75) is 45.1 Å². The third-order valence-corrected chi connectivity index (χ3v) is 5.69. The van der Waals surface area contributed by atoms with Crippen LogP contribution < -0.4 is 20.2 Å². The van der Waals surface area contributed by atoms with Gasteiger partial charge in [0, 0.05) is 30.7 Å². The number of aromatic nitrogens is 1. The van der Waals surface area contributed by atoms with E-state index in [9.17, 15) is 18.0 Å². The van der Waals surface area contributed by atoms with E-state index in [0.717, 1.165) is 29.0 Å². The Morgan fingerprint density at radius 2 is 1.81 bits per heavy atom. The maximum atomic E-state index is 13.3. The van der Waals surface area contributed by atoms with Crippen LogP contribution in [0, 0.1) is 0 Å². The molecular weight excluding hydrogens is 439 g/mol. The van der Waals surface area contributed by atoms with E-state index >= 15 is 0 Å². The maximum Gasteiger partial charge on any atom is 0.573 e. The minimum absolute atomic E-state index is 0.262. The lowest BCUT2D eigenvalue weighted by molar-refractivity contribution is -0.274. The molecule has 0 saturated heterocycles. The zero-order valence-electron chi connectivity index (χ0n) is 18.0. The molecule has 0 unspecified atom stereocenters. The van der Waals surface area contributed by atoms with Crippen LogP contribution in [0.5, 0.6) is 5.75 Å². The quantitative estimate of drug-likeness (QED) is 0.588. The van der Waals surface area contributed by atoms with Crippen molar-refractivity contribution in [1.29, 1.82) is 0 Å². The second-order valence-corrected chi connectivity index (χ2v) is 8.16. The molecule has 0 atom stereocenters. The number of rotatable bonds is 7. The summed E-state index contributed by atoms with van der Waals surface area (Å²) in [5.74, 6) is -0.612. The summed E-state index contributed by atoms with van der Waals surface area (Å²) in [7, 11) is 1.57. The van der Waals surface area contributed by atoms with E-state index in [2.05, 4.69) is 21.9 Å². The Labute approximate surface area is 189 Å². The van der Waals surface area contributed by atoms with Gasteiger partial charge in [0.25, 0.3) is 5.91 Å². The van der Waals surface area contributed by atoms with Gasteiger partial charge in [-0.2, -0.15) is 0 Å². The van der Waals surface area contributed by atoms with E-state index in [1.54, 1.807) is 32.0 Å². The molecule has 0 saturated carbocycles. The number of fused-ring (bicyclic) bond motifs is 1. The van der Waals surface area contributed by atoms with Gasteiger partial charge >= 0.3 is 6.36 Å². The lowest BCUT2D eigenvalue weighted by atomic mass is 9.99. The van der Waals surface area contributed by atoms with Crippen LogP contribution in [0.2, 0.25) is 0 Å². The van der Waals surface area contributed by atoms with Crippen molar-refractivity contribution >= 4 is 41.5 Å². The van der Waals surface area contributed by atoms with E-state index in [4.69, 9.17) is 12.2 Å². The van der Waals surface area contributed by atoms with Crippen LogP contribution in [0.4, 0.5) is 18.9 Å². The summed E-state index contributed by atoms with van der Waals surface area (Å²) < 4.78 is 41.0. The molecule has 1 heterocycles. The number of carbonyl (C=O) groups is 1. The second kappa shape index (κ2) is 9.28. The monoisotopic (exact) mass is 463 g/mol. The average Bonchev–Trinajstić information content (AvgIpc) is 2.75. The van der Waals surface area contributed by atoms with Gasteiger partial charge in [-0.25, -0.2) is 0 Å². The zero-order chi connectivity index (χ0) is 23.5. The van der Waals surface area contributed by atoms with E-state index in [1.807, 2.05) is 6.07 Å². The molecule has 5 nitrogen and oxygen atoms in total. The van der Waals surface area contributed by atoms with Gasteiger partial charge in [0.2, 0.25) is 0 Å². The number of anilines is 1. The second-order valence-electron chi connectivity index (χ2n) is 7.95. The molecule has 3 rings (SSSR count). The fourth-order valence-corrected chi connectivity index (χ4v) is 3.93. The molecule has 1 aromatic carbocycles. The summed E-state index contributed by atoms with van der Waals surface area (Å²) in [5, 5.41) is 1.98. The van der Waals surface area contributed by atoms with Crippen molar-refractivity contribution in [3.05, 3.63) is 52.7 Å². The fraction of sp³-hybridized carbons (Fsp3) is 0.348. The highest BCUT2D eigenvalue weighted by molar-refractivity contribution is 7.78. The lowest BCUT2D eigenvalue weighted by Gasteiger charge is -2.38. The van der Waals surface area contributed by atoms with E-state index in [0.29, 0.717) is 12.2 Å². The number of thiocarbonyl (C=S) groups is 1. The Morgan fingerprint density at radius 3 is 2.44 bits per heavy atom. The van der Waals surface area contributed by atoms with Gasteiger partial charge in [-0.15, -0.1) is 13.2 Å². The summed E-state index contributed by atoms with van der Waals surface area (Å²) in [4.78, 5) is 20.9. The number of pyridine rings is 1. The van der Waals surface area contributed by atoms with Crippen molar-refractivity contribution in [2.75, 3.05) is 11.9 Å². The van der Waals surface area contributed by atoms with Crippen molar-refractivity contribution in [2.24, 2.45) is 0 Å². The molecule has 2 aromatic rings. The number of alkyl halides is 3. The van der Waals surface area contributed by atoms with Gasteiger partial charge in [-0.3, -0.25) is 9.78 Å². The Bertz CT molecular complexity index is 1110. The predicted octanol–water partition coefficient (Wildman–Crippen LogP) is 3.54. The first-order chi connectivity index (χ1) is 15.0. The fourth-order valence-electron chi connectivity index (χ4n) is 3.59. The van der Waals surface area contributed by atoms with E-state index in [-0.39, 0.29) is 11.7 Å². The number of halogens is 3. The molecule has 0 bridgehead atoms. The first-order valence-corrected chi connectivity index (χ1v) is 10.5. The lowest BCUT2D eigenvalue weighted by Crippen LogP contribution is -2.55. The summed E-state index contributed by atoms with van der Waals surface area (Å²) >= 11 is 5.24. The number of ether oxygens (including phenoxy) is 1. The van der Waals surface area contributed by atoms with Crippen LogP contribution in [0.25, 0.3) is 12.2 Å². The van der Waals surface area contributed by atoms with Crippen molar-refractivity contribution in [3.8, 4) is 5.75 Å². The molecule has 1 amide bonds. The predicted molar refractivity (Wildman–Crippen MR) is 121 cm³/mol. The number of benzene rings is 1. The van der Waals surface area contributed by atoms with Crippen LogP contribution >= 0.6 is 12.2 Å². The summed E-state index contributed by atoms with van der Waals surface area (Å²) in [6, 6.07) is 7.07. The minimum Gasteiger partial charge on any atom is -0.406 e. The SMILES string of the molecule is CN(C(=O)C(C)(C)N(C=S)Cc1ccnc2c1=CCCC=2)c1ccc(OC(F)(F)F)cc1. The standard InChI is InChI=1S/C23H24F3N3O2S/c1-22(2,21(30)28(3)17-8-10-18(11-9-17)31-23(24,25)26)29(15-32)14-16-12-13-27-20-7-5-4-6-19(16)20/h6-13,15H,4-5,14H2,1-3H3. The number of hydrogen-bond acceptors (Lipinski definition) is 4. The number of hydrogen-bond donors (Lipinski definition) is 0. The highest BCUT2D eigenvalue weighted by atomic mass is 32.1. The molecule has 0 aliphatic heterocycles. The first-order valence-electron chi connectivity index (χ1n) is 10.0. The molecule has 1 aliphatic rings. The normalized spacial score (nSPS) is 13.3. The smallest absolute Gasteiger partial charge is 0.406 e. The maximum absolute atomic E-state index is 13.3. The number of carbonyl (C=O) groups excluding carboxylic acids is 1. The molecule has 1 aliphatic carbocycles. The molecule has 0 radical (unpaired) electrons. The van der Waals surface area contributed by atoms with Gasteiger partial charge in [-0.05, 0) is 62.6 Å². The van der Waals surface area contributed by atoms with Gasteiger partial charge in [-0.1, -0.05) is 24.4 Å². The molecular formula is C23H24F3N3O2S. The molecule has 32 heavy (non-hydrogen) atoms. The Balaban J connectivity index is 1.81. The molecule has 1 aromatic heterocycles. The summed E-state index contributed by atoms with van der Waals surface area (Å²) in [6.45, 7) is 3.95. The summed E-state index contributed by atoms with van der Waals surface area (Å²) in [5.41, 5.74) is 1.91. The van der Waals surface area contributed by atoms with Gasteiger partial charge < -0.3 is 14.5 Å². The molecule has 0 spiro atoms. The van der Waals surface area contributed by atoms with Crippen LogP contribution in [-0.2, 0) is 11.3 Å². The van der Waals surface area contributed by atoms with Crippen LogP contribution in [0.1, 0.15) is 32.3 Å². The minimum atomic E-state index is -4.77. The van der Waals surface area contributed by atoms with Crippen molar-refractivity contribution in [3.63, 3.8) is 0 Å². The third-order valence-electron chi connectivity index (χ3n) is 5.44. The first kappa shape index (κ1) is 23.7. The van der Waals surface area contributed by atoms with E-state index in [1.165, 1.54) is 34.7 Å². The van der Waals surface area contributed by atoms with Crippen LogP contribution in [0.15, 0.2) is 36.5 Å². The van der Waals surface area contributed by atoms with E-state index < -0.39 is 11.9 Å². The Hall–Kier alpha value is -2.94. The van der Waals surface area contributed by atoms with Gasteiger partial charge in [0.15, 0.2) is 0 Å². The Kier molecular flexibility index (Phi) is 6.88. The molecule has 9 heteroatoms. The van der Waals surface area contributed by atoms with Crippen molar-refractivity contribution < 1.29 is 22.7 Å². The number of amides is 1. The molecule has 170 valence electrons. The zero-order valence-corrected chi connectivity index (χ0v) is 18.8. The largest absolute Gasteiger partial charge is 0.573 e. The topological polar surface area (TPSA) is 45.7 Å². The highest BCUT2D eigenvalue weighted by Gasteiger charge is 2.36. The molecule has 0 N–H and O–H groups in total. The van der Waals surface area contributed by atoms with Gasteiger partial charge in [0.1, 0.15) is 11.3 Å². The third kappa shape index (κ3) is 5.27. The average molecular weight is 464 g/mol. The van der Waals surface area contributed by atoms with Crippen molar-refractivity contribution in [1.82, 2.24) is 9.88 Å². The summed E-state index contributed by atoms with van der Waals surface area (Å²) in [6.07, 6.45) is 3.09. The van der Waals surface area contributed by atoms with Gasteiger partial charge in [0.05, 0.1) is 10.8 Å². The molecule has 0 fully saturated rings. The number of likely N-dealkylation sites (N-methyl/N-ethyl adjacent to an activating group) is 1. The van der Waals surface area contributed by atoms with Crippen LogP contribution in [0.3, 0.4) is 0 Å². The van der Waals surface area contributed by atoms with Crippen LogP contribution in [-0.4, -0.2) is 40.2 Å². The highest BCUT2D eigenvalue weighted by Crippen LogP contribution is 2.27.